The topological polar surface area (TPSA) is 78.7 Å². The molecule has 0 atom stereocenters. The van der Waals surface area contributed by atoms with Crippen molar-refractivity contribution in [3.8, 4) is 11.3 Å². The number of hydrogen-bond donors (Lipinski definition) is 2. The van der Waals surface area contributed by atoms with Crippen LogP contribution in [0.5, 0.6) is 0 Å². The lowest BCUT2D eigenvalue weighted by molar-refractivity contribution is 0.0950. The average Bonchev–Trinajstić information content (AvgIpc) is 3.28. The molecule has 0 radical (unpaired) electrons. The minimum absolute atomic E-state index is 0.0764. The van der Waals surface area contributed by atoms with Gasteiger partial charge in [0.25, 0.3) is 5.91 Å². The van der Waals surface area contributed by atoms with Gasteiger partial charge in [0.1, 0.15) is 5.65 Å². The molecule has 2 N–H and O–H groups in total. The summed E-state index contributed by atoms with van der Waals surface area (Å²) in [6.07, 6.45) is 3.68. The lowest BCUT2D eigenvalue weighted by Gasteiger charge is -2.14. The van der Waals surface area contributed by atoms with Crippen molar-refractivity contribution in [1.82, 2.24) is 24.9 Å². The number of carbonyl (C=O) groups excluding carboxylic acids is 2. The van der Waals surface area contributed by atoms with Crippen molar-refractivity contribution >= 4 is 17.6 Å². The molecule has 3 aromatic rings. The van der Waals surface area contributed by atoms with Crippen LogP contribution in [0, 0.1) is 0 Å². The van der Waals surface area contributed by atoms with E-state index < -0.39 is 0 Å². The Morgan fingerprint density at radius 1 is 1.15 bits per heavy atom. The van der Waals surface area contributed by atoms with Gasteiger partial charge in [0.2, 0.25) is 0 Å². The molecule has 26 heavy (non-hydrogen) atoms. The summed E-state index contributed by atoms with van der Waals surface area (Å²) < 4.78 is 1.85. The van der Waals surface area contributed by atoms with Crippen molar-refractivity contribution in [2.24, 2.45) is 0 Å². The van der Waals surface area contributed by atoms with E-state index in [2.05, 4.69) is 15.6 Å². The first-order chi connectivity index (χ1) is 12.7. The molecule has 0 aliphatic carbocycles. The molecule has 4 rings (SSSR count). The van der Waals surface area contributed by atoms with Crippen LogP contribution in [-0.4, -0.2) is 52.4 Å². The Morgan fingerprint density at radius 3 is 2.77 bits per heavy atom. The fraction of sp³-hybridized carbons (Fsp3) is 0.211. The third-order valence-corrected chi connectivity index (χ3v) is 4.40. The van der Waals surface area contributed by atoms with E-state index in [9.17, 15) is 9.59 Å². The molecule has 1 saturated heterocycles. The first-order valence-corrected chi connectivity index (χ1v) is 8.56. The van der Waals surface area contributed by atoms with Gasteiger partial charge in [-0.15, -0.1) is 0 Å². The minimum Gasteiger partial charge on any atom is -0.350 e. The zero-order valence-electron chi connectivity index (χ0n) is 14.2. The van der Waals surface area contributed by atoms with Crippen molar-refractivity contribution in [2.75, 3.05) is 26.2 Å². The van der Waals surface area contributed by atoms with Crippen LogP contribution in [0.4, 0.5) is 4.79 Å². The molecule has 7 nitrogen and oxygen atoms in total. The summed E-state index contributed by atoms with van der Waals surface area (Å²) in [6.45, 7) is 2.26. The maximum absolute atomic E-state index is 12.4. The first kappa shape index (κ1) is 16.1. The van der Waals surface area contributed by atoms with Gasteiger partial charge in [-0.2, -0.15) is 0 Å². The van der Waals surface area contributed by atoms with E-state index >= 15 is 0 Å². The molecule has 2 aromatic heterocycles. The molecule has 3 heterocycles. The van der Waals surface area contributed by atoms with Crippen LogP contribution < -0.4 is 10.6 Å². The van der Waals surface area contributed by atoms with E-state index in [1.165, 1.54) is 0 Å². The van der Waals surface area contributed by atoms with E-state index in [4.69, 9.17) is 0 Å². The SMILES string of the molecule is O=C(NCCN1CCNC1=O)c1ccc2nc(-c3ccccc3)cn2c1. The van der Waals surface area contributed by atoms with E-state index in [1.54, 1.807) is 17.2 Å². The molecule has 1 aliphatic heterocycles. The quantitative estimate of drug-likeness (QED) is 0.737. The predicted molar refractivity (Wildman–Crippen MR) is 97.9 cm³/mol. The number of carbonyl (C=O) groups is 2. The summed E-state index contributed by atoms with van der Waals surface area (Å²) >= 11 is 0. The number of benzene rings is 1. The number of pyridine rings is 1. The van der Waals surface area contributed by atoms with Crippen molar-refractivity contribution in [1.29, 1.82) is 0 Å². The van der Waals surface area contributed by atoms with Crippen molar-refractivity contribution in [3.05, 3.63) is 60.4 Å². The molecule has 7 heteroatoms. The van der Waals surface area contributed by atoms with Gasteiger partial charge in [0.05, 0.1) is 11.3 Å². The minimum atomic E-state index is -0.165. The summed E-state index contributed by atoms with van der Waals surface area (Å²) in [5, 5.41) is 5.59. The lowest BCUT2D eigenvalue weighted by atomic mass is 10.2. The highest BCUT2D eigenvalue weighted by Gasteiger charge is 2.18. The van der Waals surface area contributed by atoms with E-state index in [0.29, 0.717) is 31.7 Å². The number of nitrogens with one attached hydrogen (secondary N) is 2. The smallest absolute Gasteiger partial charge is 0.317 e. The molecular formula is C19H19N5O2. The normalized spacial score (nSPS) is 13.8. The van der Waals surface area contributed by atoms with Crippen LogP contribution in [-0.2, 0) is 0 Å². The van der Waals surface area contributed by atoms with Gasteiger partial charge in [-0.25, -0.2) is 9.78 Å². The van der Waals surface area contributed by atoms with Crippen molar-refractivity contribution < 1.29 is 9.59 Å². The molecule has 3 amide bonds. The van der Waals surface area contributed by atoms with E-state index in [-0.39, 0.29) is 11.9 Å². The molecule has 1 aromatic carbocycles. The number of nitrogens with zero attached hydrogens (tertiary/aromatic N) is 3. The highest BCUT2D eigenvalue weighted by Crippen LogP contribution is 2.19. The average molecular weight is 349 g/mol. The molecule has 1 fully saturated rings. The number of imidazole rings is 1. The molecule has 132 valence electrons. The standard InChI is InChI=1S/C19H19N5O2/c25-18(20-8-10-23-11-9-21-19(23)26)15-6-7-17-22-16(13-24(17)12-15)14-4-2-1-3-5-14/h1-7,12-13H,8-11H2,(H,20,25)(H,21,26). The van der Waals surface area contributed by atoms with E-state index in [1.807, 2.05) is 47.0 Å². The van der Waals surface area contributed by atoms with Crippen molar-refractivity contribution in [3.63, 3.8) is 0 Å². The second kappa shape index (κ2) is 6.87. The third-order valence-electron chi connectivity index (χ3n) is 4.40. The zero-order chi connectivity index (χ0) is 17.9. The second-order valence-electron chi connectivity index (χ2n) is 6.15. The Labute approximate surface area is 150 Å². The fourth-order valence-corrected chi connectivity index (χ4v) is 3.01. The molecule has 1 aliphatic rings. The summed E-state index contributed by atoms with van der Waals surface area (Å²) in [4.78, 5) is 30.1. The monoisotopic (exact) mass is 349 g/mol. The predicted octanol–water partition coefficient (Wildman–Crippen LogP) is 1.76. The summed E-state index contributed by atoms with van der Waals surface area (Å²) in [7, 11) is 0. The highest BCUT2D eigenvalue weighted by molar-refractivity contribution is 5.94. The Kier molecular flexibility index (Phi) is 4.27. The van der Waals surface area contributed by atoms with Gasteiger partial charge < -0.3 is 19.9 Å². The van der Waals surface area contributed by atoms with Crippen LogP contribution in [0.1, 0.15) is 10.4 Å². The number of amides is 3. The fourth-order valence-electron chi connectivity index (χ4n) is 3.01. The summed E-state index contributed by atoms with van der Waals surface area (Å²) in [5.41, 5.74) is 3.24. The summed E-state index contributed by atoms with van der Waals surface area (Å²) in [6, 6.07) is 13.4. The maximum Gasteiger partial charge on any atom is 0.317 e. The first-order valence-electron chi connectivity index (χ1n) is 8.56. The zero-order valence-corrected chi connectivity index (χ0v) is 14.2. The number of fused-ring (bicyclic) bond motifs is 1. The third kappa shape index (κ3) is 3.23. The van der Waals surface area contributed by atoms with E-state index in [0.717, 1.165) is 16.9 Å². The Morgan fingerprint density at radius 2 is 2.00 bits per heavy atom. The van der Waals surface area contributed by atoms with Gasteiger partial charge >= 0.3 is 6.03 Å². The molecule has 0 bridgehead atoms. The van der Waals surface area contributed by atoms with Crippen LogP contribution in [0.2, 0.25) is 0 Å². The van der Waals surface area contributed by atoms with Crippen LogP contribution in [0.15, 0.2) is 54.9 Å². The van der Waals surface area contributed by atoms with Gasteiger partial charge in [-0.3, -0.25) is 4.79 Å². The molecule has 0 spiro atoms. The Hall–Kier alpha value is -3.35. The van der Waals surface area contributed by atoms with Crippen molar-refractivity contribution in [2.45, 2.75) is 0 Å². The Bertz CT molecular complexity index is 951. The van der Waals surface area contributed by atoms with Gasteiger partial charge in [-0.05, 0) is 12.1 Å². The highest BCUT2D eigenvalue weighted by atomic mass is 16.2. The van der Waals surface area contributed by atoms with Crippen LogP contribution >= 0.6 is 0 Å². The summed E-state index contributed by atoms with van der Waals surface area (Å²) in [5.74, 6) is -0.165. The number of rotatable bonds is 5. The largest absolute Gasteiger partial charge is 0.350 e. The van der Waals surface area contributed by atoms with Gasteiger partial charge in [-0.1, -0.05) is 30.3 Å². The van der Waals surface area contributed by atoms with Crippen LogP contribution in [0.25, 0.3) is 16.9 Å². The Balaban J connectivity index is 1.44. The number of aromatic nitrogens is 2. The maximum atomic E-state index is 12.4. The molecule has 0 saturated carbocycles. The second-order valence-corrected chi connectivity index (χ2v) is 6.15. The number of urea groups is 1. The molecular weight excluding hydrogens is 330 g/mol. The van der Waals surface area contributed by atoms with Crippen LogP contribution in [0.3, 0.4) is 0 Å². The number of hydrogen-bond acceptors (Lipinski definition) is 3. The lowest BCUT2D eigenvalue weighted by Crippen LogP contribution is -2.36. The van der Waals surface area contributed by atoms with Gasteiger partial charge in [0, 0.05) is 44.1 Å². The molecule has 0 unspecified atom stereocenters. The van der Waals surface area contributed by atoms with Gasteiger partial charge in [0.15, 0.2) is 0 Å².